The zero-order valence-corrected chi connectivity index (χ0v) is 9.10. The van der Waals surface area contributed by atoms with Gasteiger partial charge in [-0.2, -0.15) is 0 Å². The summed E-state index contributed by atoms with van der Waals surface area (Å²) in [5.41, 5.74) is -2.01. The number of rotatable bonds is 5. The molecule has 0 aromatic carbocycles. The Balaban J connectivity index is 2.90. The van der Waals surface area contributed by atoms with Crippen LogP contribution in [0.5, 0.6) is 0 Å². The number of aromatic nitrogens is 2. The fourth-order valence-electron chi connectivity index (χ4n) is 1.21. The maximum absolute atomic E-state index is 11.6. The Morgan fingerprint density at radius 3 is 2.50 bits per heavy atom. The molecular weight excluding hydrogens is 246 g/mol. The first-order valence-corrected chi connectivity index (χ1v) is 4.92. The Hall–Kier alpha value is -2.42. The summed E-state index contributed by atoms with van der Waals surface area (Å²) < 4.78 is 0. The number of amides is 1. The number of H-pyrrole nitrogens is 2. The molecule has 0 spiro atoms. The normalized spacial score (nSPS) is 11.8. The number of aliphatic carboxylic acids is 1. The van der Waals surface area contributed by atoms with Gasteiger partial charge in [0.05, 0.1) is 0 Å². The van der Waals surface area contributed by atoms with Crippen LogP contribution in [0.4, 0.5) is 0 Å². The van der Waals surface area contributed by atoms with Crippen LogP contribution in [-0.4, -0.2) is 44.7 Å². The smallest absolute Gasteiger partial charge is 0.326 e. The van der Waals surface area contributed by atoms with Crippen molar-refractivity contribution in [1.29, 1.82) is 0 Å². The molecule has 0 aliphatic heterocycles. The quantitative estimate of drug-likeness (QED) is 0.397. The van der Waals surface area contributed by atoms with Crippen LogP contribution in [0.3, 0.4) is 0 Å². The predicted molar refractivity (Wildman–Crippen MR) is 58.3 cm³/mol. The van der Waals surface area contributed by atoms with Gasteiger partial charge in [-0.3, -0.25) is 14.6 Å². The topological polar surface area (TPSA) is 152 Å². The third-order valence-electron chi connectivity index (χ3n) is 2.03. The van der Waals surface area contributed by atoms with Crippen molar-refractivity contribution in [2.45, 2.75) is 12.5 Å². The minimum Gasteiger partial charge on any atom is -0.480 e. The van der Waals surface area contributed by atoms with E-state index < -0.39 is 35.8 Å². The lowest BCUT2D eigenvalue weighted by atomic mass is 10.2. The van der Waals surface area contributed by atoms with Gasteiger partial charge >= 0.3 is 11.7 Å². The maximum atomic E-state index is 11.6. The molecule has 0 saturated carbocycles. The number of hydrogen-bond donors (Lipinski definition) is 5. The van der Waals surface area contributed by atoms with Crippen molar-refractivity contribution in [3.05, 3.63) is 32.6 Å². The largest absolute Gasteiger partial charge is 0.480 e. The fraction of sp³-hybridized carbons (Fsp3) is 0.333. The van der Waals surface area contributed by atoms with Gasteiger partial charge in [0.15, 0.2) is 0 Å². The number of carbonyl (C=O) groups excluding carboxylic acids is 1. The second-order valence-corrected chi connectivity index (χ2v) is 3.38. The summed E-state index contributed by atoms with van der Waals surface area (Å²) in [5.74, 6) is -2.25. The maximum Gasteiger partial charge on any atom is 0.326 e. The molecule has 0 saturated heterocycles. The highest BCUT2D eigenvalue weighted by molar-refractivity contribution is 5.94. The first-order valence-electron chi connectivity index (χ1n) is 4.92. The van der Waals surface area contributed by atoms with E-state index in [1.165, 1.54) is 0 Å². The Kier molecular flexibility index (Phi) is 4.38. The van der Waals surface area contributed by atoms with Crippen LogP contribution >= 0.6 is 0 Å². The van der Waals surface area contributed by atoms with Crippen LogP contribution in [0.15, 0.2) is 15.7 Å². The Labute approximate surface area is 99.5 Å². The van der Waals surface area contributed by atoms with Crippen LogP contribution in [0.1, 0.15) is 16.9 Å². The molecule has 1 heterocycles. The summed E-state index contributed by atoms with van der Waals surface area (Å²) in [5, 5.41) is 19.4. The van der Waals surface area contributed by atoms with Gasteiger partial charge < -0.3 is 20.5 Å². The highest BCUT2D eigenvalue weighted by Crippen LogP contribution is 1.94. The molecule has 9 nitrogen and oxygen atoms in total. The molecule has 0 bridgehead atoms. The number of aromatic amines is 2. The lowest BCUT2D eigenvalue weighted by Crippen LogP contribution is -2.42. The van der Waals surface area contributed by atoms with Crippen molar-refractivity contribution in [2.75, 3.05) is 6.61 Å². The summed E-state index contributed by atoms with van der Waals surface area (Å²) in [6.45, 7) is -0.427. The molecule has 1 atom stereocenters. The second-order valence-electron chi connectivity index (χ2n) is 3.38. The second kappa shape index (κ2) is 5.77. The molecule has 1 amide bonds. The number of hydrogen-bond acceptors (Lipinski definition) is 5. The Morgan fingerprint density at radius 2 is 2.00 bits per heavy atom. The molecule has 1 aromatic rings. The van der Waals surface area contributed by atoms with E-state index >= 15 is 0 Å². The lowest BCUT2D eigenvalue weighted by Gasteiger charge is -2.12. The number of aliphatic hydroxyl groups is 1. The Morgan fingerprint density at radius 1 is 1.33 bits per heavy atom. The monoisotopic (exact) mass is 257 g/mol. The van der Waals surface area contributed by atoms with Gasteiger partial charge in [-0.15, -0.1) is 0 Å². The van der Waals surface area contributed by atoms with Gasteiger partial charge in [-0.05, 0) is 0 Å². The molecule has 0 aliphatic rings. The minimum atomic E-state index is -1.33. The molecule has 98 valence electrons. The van der Waals surface area contributed by atoms with Gasteiger partial charge in [0, 0.05) is 19.1 Å². The van der Waals surface area contributed by atoms with Crippen LogP contribution in [0.2, 0.25) is 0 Å². The molecule has 9 heteroatoms. The molecule has 1 aromatic heterocycles. The molecule has 1 rings (SSSR count). The number of carboxylic acid groups (broad SMARTS) is 1. The summed E-state index contributed by atoms with van der Waals surface area (Å²) >= 11 is 0. The van der Waals surface area contributed by atoms with Crippen molar-refractivity contribution in [3.63, 3.8) is 0 Å². The summed E-state index contributed by atoms with van der Waals surface area (Å²) in [6, 6.07) is -0.473. The zero-order chi connectivity index (χ0) is 13.7. The van der Waals surface area contributed by atoms with E-state index in [1.807, 2.05) is 4.98 Å². The van der Waals surface area contributed by atoms with E-state index in [2.05, 4.69) is 10.3 Å². The molecular formula is C9H11N3O6. The van der Waals surface area contributed by atoms with Gasteiger partial charge in [-0.1, -0.05) is 0 Å². The molecule has 0 radical (unpaired) electrons. The SMILES string of the molecule is O=C(NC(CCO)C(=O)O)c1cc(=O)[nH]c(=O)[nH]1. The van der Waals surface area contributed by atoms with Crippen molar-refractivity contribution >= 4 is 11.9 Å². The average Bonchev–Trinajstić information content (AvgIpc) is 2.26. The van der Waals surface area contributed by atoms with Crippen LogP contribution < -0.4 is 16.6 Å². The van der Waals surface area contributed by atoms with Crippen molar-refractivity contribution in [1.82, 2.24) is 15.3 Å². The first-order chi connectivity index (χ1) is 8.43. The highest BCUT2D eigenvalue weighted by Gasteiger charge is 2.20. The van der Waals surface area contributed by atoms with Crippen molar-refractivity contribution in [2.24, 2.45) is 0 Å². The summed E-state index contributed by atoms with van der Waals surface area (Å²) in [7, 11) is 0. The molecule has 0 aliphatic carbocycles. The van der Waals surface area contributed by atoms with E-state index in [4.69, 9.17) is 10.2 Å². The van der Waals surface area contributed by atoms with Gasteiger partial charge in [-0.25, -0.2) is 9.59 Å². The number of aliphatic hydroxyl groups excluding tert-OH is 1. The standard InChI is InChI=1S/C9H11N3O6/c13-2-1-4(8(16)17)10-7(15)5-3-6(14)12-9(18)11-5/h3-4,13H,1-2H2,(H,10,15)(H,16,17)(H2,11,12,14,18). The molecule has 18 heavy (non-hydrogen) atoms. The van der Waals surface area contributed by atoms with Crippen molar-refractivity contribution in [3.8, 4) is 0 Å². The predicted octanol–water partition coefficient (Wildman–Crippen LogP) is -2.37. The summed E-state index contributed by atoms with van der Waals surface area (Å²) in [6.07, 6.45) is -0.186. The van der Waals surface area contributed by atoms with E-state index in [0.717, 1.165) is 6.07 Å². The van der Waals surface area contributed by atoms with Crippen LogP contribution in [0, 0.1) is 0 Å². The van der Waals surface area contributed by atoms with Crippen molar-refractivity contribution < 1.29 is 19.8 Å². The number of carbonyl (C=O) groups is 2. The number of carboxylic acids is 1. The lowest BCUT2D eigenvalue weighted by molar-refractivity contribution is -0.139. The average molecular weight is 257 g/mol. The zero-order valence-electron chi connectivity index (χ0n) is 9.10. The third-order valence-corrected chi connectivity index (χ3v) is 2.03. The first kappa shape index (κ1) is 13.6. The van der Waals surface area contributed by atoms with Crippen LogP contribution in [0.25, 0.3) is 0 Å². The van der Waals surface area contributed by atoms with E-state index in [-0.39, 0.29) is 12.1 Å². The van der Waals surface area contributed by atoms with Gasteiger partial charge in [0.1, 0.15) is 11.7 Å². The highest BCUT2D eigenvalue weighted by atomic mass is 16.4. The fourth-order valence-corrected chi connectivity index (χ4v) is 1.21. The van der Waals surface area contributed by atoms with Gasteiger partial charge in [0.2, 0.25) is 0 Å². The molecule has 0 fully saturated rings. The van der Waals surface area contributed by atoms with Crippen LogP contribution in [-0.2, 0) is 4.79 Å². The minimum absolute atomic E-state index is 0.186. The number of nitrogens with one attached hydrogen (secondary N) is 3. The van der Waals surface area contributed by atoms with E-state index in [9.17, 15) is 19.2 Å². The Bertz CT molecular complexity index is 532. The third kappa shape index (κ3) is 3.56. The van der Waals surface area contributed by atoms with E-state index in [0.29, 0.717) is 0 Å². The molecule has 1 unspecified atom stereocenters. The van der Waals surface area contributed by atoms with Gasteiger partial charge in [0.25, 0.3) is 11.5 Å². The molecule has 5 N–H and O–H groups in total. The van der Waals surface area contributed by atoms with E-state index in [1.54, 1.807) is 0 Å². The summed E-state index contributed by atoms with van der Waals surface area (Å²) in [4.78, 5) is 48.1.